The SMILES string of the molecule is CCCCCOc1ccc(C(CO)N2CCN(CC)CC2)cc1. The second-order valence-corrected chi connectivity index (χ2v) is 6.29. The molecule has 1 fully saturated rings. The molecular weight excluding hydrogens is 288 g/mol. The third-order valence-electron chi connectivity index (χ3n) is 4.75. The molecule has 0 amide bonds. The third kappa shape index (κ3) is 5.48. The van der Waals surface area contributed by atoms with Gasteiger partial charge in [0, 0.05) is 26.2 Å². The summed E-state index contributed by atoms with van der Waals surface area (Å²) in [5.74, 6) is 0.928. The summed E-state index contributed by atoms with van der Waals surface area (Å²) < 4.78 is 5.77. The Bertz CT molecular complexity index is 428. The third-order valence-corrected chi connectivity index (χ3v) is 4.75. The van der Waals surface area contributed by atoms with Crippen molar-refractivity contribution in [3.8, 4) is 5.75 Å². The molecule has 130 valence electrons. The summed E-state index contributed by atoms with van der Waals surface area (Å²) in [5.41, 5.74) is 1.18. The molecule has 23 heavy (non-hydrogen) atoms. The Balaban J connectivity index is 1.88. The van der Waals surface area contributed by atoms with Gasteiger partial charge in [0.05, 0.1) is 19.3 Å². The summed E-state index contributed by atoms with van der Waals surface area (Å²) in [6.07, 6.45) is 3.54. The van der Waals surface area contributed by atoms with E-state index in [0.29, 0.717) is 0 Å². The number of hydrogen-bond donors (Lipinski definition) is 1. The minimum absolute atomic E-state index is 0.100. The molecule has 1 heterocycles. The monoisotopic (exact) mass is 320 g/mol. The van der Waals surface area contributed by atoms with Gasteiger partial charge >= 0.3 is 0 Å². The first kappa shape index (κ1) is 18.2. The summed E-state index contributed by atoms with van der Waals surface area (Å²) >= 11 is 0. The van der Waals surface area contributed by atoms with Gasteiger partial charge in [0.2, 0.25) is 0 Å². The minimum Gasteiger partial charge on any atom is -0.494 e. The van der Waals surface area contributed by atoms with Crippen molar-refractivity contribution in [2.75, 3.05) is 45.9 Å². The zero-order valence-corrected chi connectivity index (χ0v) is 14.7. The molecule has 1 aromatic carbocycles. The maximum absolute atomic E-state index is 9.84. The number of unbranched alkanes of at least 4 members (excludes halogenated alkanes) is 2. The predicted molar refractivity (Wildman–Crippen MR) is 95.0 cm³/mol. The van der Waals surface area contributed by atoms with Gasteiger partial charge < -0.3 is 14.7 Å². The predicted octanol–water partition coefficient (Wildman–Crippen LogP) is 2.93. The molecule has 0 aromatic heterocycles. The number of rotatable bonds is 9. The largest absolute Gasteiger partial charge is 0.494 e. The van der Waals surface area contributed by atoms with Crippen molar-refractivity contribution in [2.45, 2.75) is 39.2 Å². The smallest absolute Gasteiger partial charge is 0.119 e. The molecule has 1 aliphatic rings. The molecule has 0 bridgehead atoms. The average Bonchev–Trinajstić information content (AvgIpc) is 2.61. The van der Waals surface area contributed by atoms with Gasteiger partial charge in [-0.3, -0.25) is 4.90 Å². The minimum atomic E-state index is 0.100. The molecule has 1 aromatic rings. The maximum Gasteiger partial charge on any atom is 0.119 e. The highest BCUT2D eigenvalue weighted by Crippen LogP contribution is 2.24. The molecule has 1 atom stereocenters. The number of nitrogens with zero attached hydrogens (tertiary/aromatic N) is 2. The van der Waals surface area contributed by atoms with Gasteiger partial charge in [0.15, 0.2) is 0 Å². The molecule has 2 rings (SSSR count). The lowest BCUT2D eigenvalue weighted by Crippen LogP contribution is -2.48. The van der Waals surface area contributed by atoms with Gasteiger partial charge in [0.25, 0.3) is 0 Å². The van der Waals surface area contributed by atoms with Crippen LogP contribution in [0.15, 0.2) is 24.3 Å². The lowest BCUT2D eigenvalue weighted by atomic mass is 10.0. The Hall–Kier alpha value is -1.10. The second kappa shape index (κ2) is 9.91. The van der Waals surface area contributed by atoms with E-state index in [1.165, 1.54) is 18.4 Å². The van der Waals surface area contributed by atoms with Crippen molar-refractivity contribution in [1.82, 2.24) is 9.80 Å². The quantitative estimate of drug-likeness (QED) is 0.710. The van der Waals surface area contributed by atoms with Crippen LogP contribution in [0.1, 0.15) is 44.7 Å². The summed E-state index contributed by atoms with van der Waals surface area (Å²) in [6.45, 7) is 10.7. The van der Waals surface area contributed by atoms with Crippen molar-refractivity contribution < 1.29 is 9.84 Å². The molecule has 4 nitrogen and oxygen atoms in total. The fourth-order valence-electron chi connectivity index (χ4n) is 3.15. The Kier molecular flexibility index (Phi) is 7.86. The van der Waals surface area contributed by atoms with Crippen LogP contribution in [-0.4, -0.2) is 60.8 Å². The maximum atomic E-state index is 9.84. The van der Waals surface area contributed by atoms with Crippen molar-refractivity contribution >= 4 is 0 Å². The van der Waals surface area contributed by atoms with E-state index in [0.717, 1.165) is 51.5 Å². The van der Waals surface area contributed by atoms with Crippen molar-refractivity contribution in [3.05, 3.63) is 29.8 Å². The highest BCUT2D eigenvalue weighted by Gasteiger charge is 2.23. The van der Waals surface area contributed by atoms with Gasteiger partial charge in [-0.25, -0.2) is 0 Å². The van der Waals surface area contributed by atoms with Gasteiger partial charge in [-0.1, -0.05) is 38.8 Å². The number of benzene rings is 1. The van der Waals surface area contributed by atoms with E-state index >= 15 is 0 Å². The Morgan fingerprint density at radius 3 is 2.30 bits per heavy atom. The summed E-state index contributed by atoms with van der Waals surface area (Å²) in [4.78, 5) is 4.85. The lowest BCUT2D eigenvalue weighted by molar-refractivity contribution is 0.0672. The van der Waals surface area contributed by atoms with E-state index in [1.54, 1.807) is 0 Å². The van der Waals surface area contributed by atoms with Crippen LogP contribution in [-0.2, 0) is 0 Å². The van der Waals surface area contributed by atoms with Gasteiger partial charge in [0.1, 0.15) is 5.75 Å². The highest BCUT2D eigenvalue weighted by molar-refractivity contribution is 5.29. The van der Waals surface area contributed by atoms with E-state index in [9.17, 15) is 5.11 Å². The van der Waals surface area contributed by atoms with Crippen LogP contribution in [0.5, 0.6) is 5.75 Å². The molecule has 1 unspecified atom stereocenters. The standard InChI is InChI=1S/C19H32N2O2/c1-3-5-6-15-23-18-9-7-17(8-10-18)19(16-22)21-13-11-20(4-2)12-14-21/h7-10,19,22H,3-6,11-16H2,1-2H3. The van der Waals surface area contributed by atoms with Crippen LogP contribution in [0.25, 0.3) is 0 Å². The first-order valence-electron chi connectivity index (χ1n) is 9.08. The number of aliphatic hydroxyl groups excluding tert-OH is 1. The molecule has 0 aliphatic carbocycles. The topological polar surface area (TPSA) is 35.9 Å². The number of ether oxygens (including phenoxy) is 1. The molecule has 0 spiro atoms. The first-order chi connectivity index (χ1) is 11.3. The fourth-order valence-corrected chi connectivity index (χ4v) is 3.15. The normalized spacial score (nSPS) is 18.0. The fraction of sp³-hybridized carbons (Fsp3) is 0.684. The summed E-state index contributed by atoms with van der Waals surface area (Å²) in [7, 11) is 0. The molecule has 1 saturated heterocycles. The molecule has 4 heteroatoms. The highest BCUT2D eigenvalue weighted by atomic mass is 16.5. The Morgan fingerprint density at radius 1 is 1.04 bits per heavy atom. The van der Waals surface area contributed by atoms with E-state index < -0.39 is 0 Å². The lowest BCUT2D eigenvalue weighted by Gasteiger charge is -2.38. The second-order valence-electron chi connectivity index (χ2n) is 6.29. The number of piperazine rings is 1. The van der Waals surface area contributed by atoms with Crippen LogP contribution in [0.2, 0.25) is 0 Å². The van der Waals surface area contributed by atoms with Crippen LogP contribution in [0.4, 0.5) is 0 Å². The van der Waals surface area contributed by atoms with Crippen LogP contribution in [0.3, 0.4) is 0 Å². The molecule has 0 saturated carbocycles. The van der Waals surface area contributed by atoms with Crippen molar-refractivity contribution in [3.63, 3.8) is 0 Å². The van der Waals surface area contributed by atoms with Gasteiger partial charge in [-0.05, 0) is 30.7 Å². The van der Waals surface area contributed by atoms with Crippen molar-refractivity contribution in [1.29, 1.82) is 0 Å². The van der Waals surface area contributed by atoms with E-state index in [1.807, 2.05) is 12.1 Å². The van der Waals surface area contributed by atoms with Crippen LogP contribution in [0, 0.1) is 0 Å². The Labute approximate surface area is 141 Å². The number of aliphatic hydroxyl groups is 1. The molecular formula is C19H32N2O2. The van der Waals surface area contributed by atoms with Crippen molar-refractivity contribution in [2.24, 2.45) is 0 Å². The van der Waals surface area contributed by atoms with Crippen LogP contribution >= 0.6 is 0 Å². The molecule has 0 radical (unpaired) electrons. The summed E-state index contributed by atoms with van der Waals surface area (Å²) in [6, 6.07) is 8.37. The average molecular weight is 320 g/mol. The zero-order valence-electron chi connectivity index (χ0n) is 14.7. The Morgan fingerprint density at radius 2 is 1.74 bits per heavy atom. The van der Waals surface area contributed by atoms with Gasteiger partial charge in [-0.2, -0.15) is 0 Å². The van der Waals surface area contributed by atoms with Gasteiger partial charge in [-0.15, -0.1) is 0 Å². The first-order valence-corrected chi connectivity index (χ1v) is 9.08. The summed E-state index contributed by atoms with van der Waals surface area (Å²) in [5, 5.41) is 9.84. The van der Waals surface area contributed by atoms with E-state index in [2.05, 4.69) is 35.8 Å². The molecule has 1 N–H and O–H groups in total. The molecule has 1 aliphatic heterocycles. The van der Waals surface area contributed by atoms with E-state index in [-0.39, 0.29) is 12.6 Å². The number of likely N-dealkylation sites (N-methyl/N-ethyl adjacent to an activating group) is 1. The zero-order chi connectivity index (χ0) is 16.5. The number of hydrogen-bond acceptors (Lipinski definition) is 4. The van der Waals surface area contributed by atoms with Crippen LogP contribution < -0.4 is 4.74 Å². The van der Waals surface area contributed by atoms with E-state index in [4.69, 9.17) is 4.74 Å².